The highest BCUT2D eigenvalue weighted by molar-refractivity contribution is 7.80. The summed E-state index contributed by atoms with van der Waals surface area (Å²) in [7, 11) is 0. The van der Waals surface area contributed by atoms with Crippen LogP contribution in [0, 0.1) is 0 Å². The number of thiocarbonyl (C=S) groups is 2. The first-order chi connectivity index (χ1) is 14.0. The Hall–Kier alpha value is -3.04. The third-order valence-electron chi connectivity index (χ3n) is 4.42. The standard InChI is InChI=1S/C20H23N7S2/c1-2-3-8-27-17-6-4-13(11-23-25-19(21)28)9-15(17)16-10-14(5-7-18(16)27)12-24-26-20(22)29/h4-7,9-12H,2-3,8H2,1H3,(H3,21,25,28)(H3,22,26,29)/b23-11+,24-12+. The summed E-state index contributed by atoms with van der Waals surface area (Å²) in [6.45, 7) is 3.16. The molecule has 1 heterocycles. The van der Waals surface area contributed by atoms with Gasteiger partial charge >= 0.3 is 0 Å². The summed E-state index contributed by atoms with van der Waals surface area (Å²) < 4.78 is 2.36. The molecule has 3 aromatic rings. The van der Waals surface area contributed by atoms with Crippen molar-refractivity contribution in [3.05, 3.63) is 47.5 Å². The van der Waals surface area contributed by atoms with Crippen LogP contribution in [0.1, 0.15) is 30.9 Å². The lowest BCUT2D eigenvalue weighted by Crippen LogP contribution is -2.24. The molecule has 0 bridgehead atoms. The Labute approximate surface area is 179 Å². The van der Waals surface area contributed by atoms with Gasteiger partial charge in [-0.15, -0.1) is 0 Å². The summed E-state index contributed by atoms with van der Waals surface area (Å²) in [6.07, 6.45) is 5.64. The molecule has 7 nitrogen and oxygen atoms in total. The Kier molecular flexibility index (Phi) is 6.73. The van der Waals surface area contributed by atoms with Crippen LogP contribution in [0.2, 0.25) is 0 Å². The number of nitrogens with zero attached hydrogens (tertiary/aromatic N) is 3. The van der Waals surface area contributed by atoms with Gasteiger partial charge in [0, 0.05) is 28.4 Å². The molecule has 0 saturated carbocycles. The first kappa shape index (κ1) is 20.7. The van der Waals surface area contributed by atoms with Crippen molar-refractivity contribution in [2.75, 3.05) is 0 Å². The van der Waals surface area contributed by atoms with E-state index in [4.69, 9.17) is 35.9 Å². The SMILES string of the molecule is CCCCn1c2ccc(/C=N/NC(N)=S)cc2c2cc(/C=N/NC(N)=S)ccc21. The number of aryl methyl sites for hydroxylation is 1. The van der Waals surface area contributed by atoms with Crippen LogP contribution in [0.3, 0.4) is 0 Å². The van der Waals surface area contributed by atoms with Gasteiger partial charge in [-0.2, -0.15) is 10.2 Å². The maximum absolute atomic E-state index is 5.42. The molecule has 0 radical (unpaired) electrons. The summed E-state index contributed by atoms with van der Waals surface area (Å²) >= 11 is 9.55. The maximum atomic E-state index is 5.42. The summed E-state index contributed by atoms with van der Waals surface area (Å²) in [4.78, 5) is 0. The molecule has 150 valence electrons. The Bertz CT molecular complexity index is 1030. The van der Waals surface area contributed by atoms with Crippen LogP contribution in [0.15, 0.2) is 46.6 Å². The molecule has 2 aromatic carbocycles. The van der Waals surface area contributed by atoms with Crippen molar-refractivity contribution in [2.24, 2.45) is 21.7 Å². The third-order valence-corrected chi connectivity index (χ3v) is 4.61. The van der Waals surface area contributed by atoms with Crippen molar-refractivity contribution in [3.63, 3.8) is 0 Å². The van der Waals surface area contributed by atoms with Gasteiger partial charge in [0.05, 0.1) is 12.4 Å². The van der Waals surface area contributed by atoms with Gasteiger partial charge in [0.25, 0.3) is 0 Å². The number of rotatable bonds is 7. The van der Waals surface area contributed by atoms with Crippen LogP contribution in [-0.2, 0) is 6.54 Å². The molecule has 0 aliphatic carbocycles. The number of benzene rings is 2. The summed E-state index contributed by atoms with van der Waals surface area (Å²) in [5.41, 5.74) is 20.3. The number of hydrazone groups is 2. The molecule has 29 heavy (non-hydrogen) atoms. The number of aromatic nitrogens is 1. The van der Waals surface area contributed by atoms with Gasteiger partial charge in [-0.3, -0.25) is 10.9 Å². The van der Waals surface area contributed by atoms with Crippen LogP contribution in [0.4, 0.5) is 0 Å². The molecular formula is C20H23N7S2. The van der Waals surface area contributed by atoms with Crippen molar-refractivity contribution < 1.29 is 0 Å². The van der Waals surface area contributed by atoms with Crippen LogP contribution in [0.5, 0.6) is 0 Å². The summed E-state index contributed by atoms with van der Waals surface area (Å²) in [6, 6.07) is 12.5. The number of hydrogen-bond donors (Lipinski definition) is 4. The fraction of sp³-hybridized carbons (Fsp3) is 0.200. The quantitative estimate of drug-likeness (QED) is 0.263. The zero-order valence-corrected chi connectivity index (χ0v) is 17.7. The predicted molar refractivity (Wildman–Crippen MR) is 129 cm³/mol. The van der Waals surface area contributed by atoms with Crippen LogP contribution < -0.4 is 22.3 Å². The third kappa shape index (κ3) is 5.07. The van der Waals surface area contributed by atoms with Gasteiger partial charge < -0.3 is 16.0 Å². The first-order valence-electron chi connectivity index (χ1n) is 9.22. The molecule has 0 atom stereocenters. The molecule has 0 aliphatic heterocycles. The van der Waals surface area contributed by atoms with E-state index < -0.39 is 0 Å². The highest BCUT2D eigenvalue weighted by atomic mass is 32.1. The zero-order valence-electron chi connectivity index (χ0n) is 16.1. The maximum Gasteiger partial charge on any atom is 0.184 e. The van der Waals surface area contributed by atoms with E-state index in [1.54, 1.807) is 12.4 Å². The Morgan fingerprint density at radius 1 is 0.931 bits per heavy atom. The van der Waals surface area contributed by atoms with E-state index in [1.807, 2.05) is 12.1 Å². The van der Waals surface area contributed by atoms with Crippen LogP contribution >= 0.6 is 24.4 Å². The van der Waals surface area contributed by atoms with Crippen LogP contribution in [-0.4, -0.2) is 27.2 Å². The largest absolute Gasteiger partial charge is 0.375 e. The second-order valence-corrected chi connectivity index (χ2v) is 7.41. The first-order valence-corrected chi connectivity index (χ1v) is 10.0. The number of nitrogens with two attached hydrogens (primary N) is 2. The van der Waals surface area contributed by atoms with E-state index in [-0.39, 0.29) is 10.2 Å². The van der Waals surface area contributed by atoms with E-state index in [9.17, 15) is 0 Å². The highest BCUT2D eigenvalue weighted by Crippen LogP contribution is 2.30. The average Bonchev–Trinajstić information content (AvgIpc) is 2.98. The van der Waals surface area contributed by atoms with Crippen molar-refractivity contribution in [3.8, 4) is 0 Å². The normalized spacial score (nSPS) is 11.6. The predicted octanol–water partition coefficient (Wildman–Crippen LogP) is 2.93. The van der Waals surface area contributed by atoms with Gasteiger partial charge in [0.1, 0.15) is 0 Å². The van der Waals surface area contributed by atoms with Gasteiger partial charge in [0.2, 0.25) is 0 Å². The molecule has 3 rings (SSSR count). The highest BCUT2D eigenvalue weighted by Gasteiger charge is 2.11. The van der Waals surface area contributed by atoms with Crippen molar-refractivity contribution >= 4 is 68.9 Å². The molecule has 0 unspecified atom stereocenters. The van der Waals surface area contributed by atoms with Crippen molar-refractivity contribution in [1.82, 2.24) is 15.4 Å². The van der Waals surface area contributed by atoms with Gasteiger partial charge in [-0.25, -0.2) is 0 Å². The monoisotopic (exact) mass is 425 g/mol. The minimum atomic E-state index is 0.132. The fourth-order valence-electron chi connectivity index (χ4n) is 3.20. The molecule has 1 aromatic heterocycles. The summed E-state index contributed by atoms with van der Waals surface area (Å²) in [5, 5.41) is 10.7. The van der Waals surface area contributed by atoms with E-state index in [0.29, 0.717) is 0 Å². The summed E-state index contributed by atoms with van der Waals surface area (Å²) in [5.74, 6) is 0. The fourth-order valence-corrected chi connectivity index (χ4v) is 3.30. The lowest BCUT2D eigenvalue weighted by atomic mass is 10.1. The molecule has 0 spiro atoms. The van der Waals surface area contributed by atoms with E-state index in [0.717, 1.165) is 41.3 Å². The molecule has 0 aliphatic rings. The topological polar surface area (TPSA) is 106 Å². The molecule has 9 heteroatoms. The smallest absolute Gasteiger partial charge is 0.184 e. The molecule has 0 amide bonds. The Morgan fingerprint density at radius 3 is 1.83 bits per heavy atom. The minimum absolute atomic E-state index is 0.132. The van der Waals surface area contributed by atoms with Crippen molar-refractivity contribution in [2.45, 2.75) is 26.3 Å². The average molecular weight is 426 g/mol. The Balaban J connectivity index is 2.09. The van der Waals surface area contributed by atoms with E-state index in [2.05, 4.69) is 56.8 Å². The zero-order chi connectivity index (χ0) is 20.8. The minimum Gasteiger partial charge on any atom is -0.375 e. The van der Waals surface area contributed by atoms with Crippen LogP contribution in [0.25, 0.3) is 21.8 Å². The number of fused-ring (bicyclic) bond motifs is 3. The molecular weight excluding hydrogens is 402 g/mol. The van der Waals surface area contributed by atoms with E-state index >= 15 is 0 Å². The van der Waals surface area contributed by atoms with E-state index in [1.165, 1.54) is 11.0 Å². The molecule has 6 N–H and O–H groups in total. The number of hydrogen-bond acceptors (Lipinski definition) is 4. The van der Waals surface area contributed by atoms with Crippen molar-refractivity contribution in [1.29, 1.82) is 0 Å². The number of nitrogens with one attached hydrogen (secondary N) is 2. The molecule has 0 saturated heterocycles. The van der Waals surface area contributed by atoms with Gasteiger partial charge in [-0.1, -0.05) is 25.5 Å². The van der Waals surface area contributed by atoms with Gasteiger partial charge in [-0.05, 0) is 66.2 Å². The number of unbranched alkanes of at least 4 members (excludes halogenated alkanes) is 1. The lowest BCUT2D eigenvalue weighted by Gasteiger charge is -2.06. The lowest BCUT2D eigenvalue weighted by molar-refractivity contribution is 0.665. The Morgan fingerprint density at radius 2 is 1.41 bits per heavy atom. The second kappa shape index (κ2) is 9.44. The molecule has 0 fully saturated rings. The second-order valence-electron chi connectivity index (χ2n) is 6.53. The van der Waals surface area contributed by atoms with Gasteiger partial charge in [0.15, 0.2) is 10.2 Å².